The molecule has 0 unspecified atom stereocenters. The zero-order chi connectivity index (χ0) is 20.9. The normalized spacial score (nSPS) is 11.8. The molecular weight excluding hydrogens is 397 g/mol. The van der Waals surface area contributed by atoms with Crippen molar-refractivity contribution >= 4 is 27.3 Å². The highest BCUT2D eigenvalue weighted by Gasteiger charge is 2.30. The smallest absolute Gasteiger partial charge is 0.416 e. The summed E-state index contributed by atoms with van der Waals surface area (Å²) in [7, 11) is -3.83. The number of amides is 1. The van der Waals surface area contributed by atoms with Crippen molar-refractivity contribution in [2.24, 2.45) is 0 Å². The number of benzene rings is 2. The third kappa shape index (κ3) is 5.62. The molecule has 10 heteroatoms. The molecule has 1 amide bonds. The summed E-state index contributed by atoms with van der Waals surface area (Å²) in [4.78, 5) is 12.3. The quantitative estimate of drug-likeness (QED) is 0.750. The molecule has 2 aromatic carbocycles. The fourth-order valence-corrected chi connectivity index (χ4v) is 3.26. The fourth-order valence-electron chi connectivity index (χ4n) is 2.40. The molecule has 2 rings (SSSR count). The van der Waals surface area contributed by atoms with Gasteiger partial charge in [-0.05, 0) is 43.3 Å². The maximum absolute atomic E-state index is 12.6. The van der Waals surface area contributed by atoms with Crippen LogP contribution in [-0.4, -0.2) is 33.7 Å². The van der Waals surface area contributed by atoms with E-state index < -0.39 is 34.2 Å². The van der Waals surface area contributed by atoms with Gasteiger partial charge in [-0.3, -0.25) is 9.10 Å². The van der Waals surface area contributed by atoms with Gasteiger partial charge in [-0.15, -0.1) is 0 Å². The lowest BCUT2D eigenvalue weighted by molar-refractivity contribution is -0.137. The number of para-hydroxylation sites is 2. The van der Waals surface area contributed by atoms with Crippen molar-refractivity contribution in [3.8, 4) is 5.75 Å². The maximum Gasteiger partial charge on any atom is 0.416 e. The monoisotopic (exact) mass is 416 g/mol. The number of rotatable bonds is 7. The van der Waals surface area contributed by atoms with E-state index in [0.29, 0.717) is 6.61 Å². The van der Waals surface area contributed by atoms with E-state index in [1.165, 1.54) is 6.07 Å². The summed E-state index contributed by atoms with van der Waals surface area (Å²) in [5, 5.41) is 2.39. The molecule has 2 aromatic rings. The van der Waals surface area contributed by atoms with Crippen LogP contribution in [0.2, 0.25) is 0 Å². The Morgan fingerprint density at radius 2 is 1.71 bits per heavy atom. The SMILES string of the molecule is CCOc1ccccc1N(CC(=O)Nc1ccc(C(F)(F)F)cc1)S(C)(=O)=O. The Morgan fingerprint density at radius 3 is 2.25 bits per heavy atom. The van der Waals surface area contributed by atoms with E-state index in [4.69, 9.17) is 4.74 Å². The van der Waals surface area contributed by atoms with Crippen LogP contribution in [0.5, 0.6) is 5.75 Å². The number of halogens is 3. The molecule has 6 nitrogen and oxygen atoms in total. The molecule has 0 heterocycles. The summed E-state index contributed by atoms with van der Waals surface area (Å²) in [5.74, 6) is -0.422. The van der Waals surface area contributed by atoms with Crippen molar-refractivity contribution in [2.75, 3.05) is 29.0 Å². The van der Waals surface area contributed by atoms with Gasteiger partial charge in [0.2, 0.25) is 15.9 Å². The first-order valence-corrected chi connectivity index (χ1v) is 10.0. The van der Waals surface area contributed by atoms with E-state index >= 15 is 0 Å². The zero-order valence-corrected chi connectivity index (χ0v) is 16.0. The second kappa shape index (κ2) is 8.51. The van der Waals surface area contributed by atoms with Crippen LogP contribution in [0.15, 0.2) is 48.5 Å². The number of anilines is 2. The van der Waals surface area contributed by atoms with E-state index in [1.54, 1.807) is 25.1 Å². The number of nitrogens with zero attached hydrogens (tertiary/aromatic N) is 1. The molecule has 0 bridgehead atoms. The summed E-state index contributed by atoms with van der Waals surface area (Å²) < 4.78 is 68.5. The molecule has 0 spiro atoms. The fraction of sp³-hybridized carbons (Fsp3) is 0.278. The molecule has 0 aliphatic heterocycles. The van der Waals surface area contributed by atoms with Gasteiger partial charge in [0.1, 0.15) is 12.3 Å². The van der Waals surface area contributed by atoms with Gasteiger partial charge in [0.25, 0.3) is 0 Å². The predicted octanol–water partition coefficient (Wildman–Crippen LogP) is 3.51. The van der Waals surface area contributed by atoms with Gasteiger partial charge >= 0.3 is 6.18 Å². The Labute approximate surface area is 161 Å². The lowest BCUT2D eigenvalue weighted by Crippen LogP contribution is -2.37. The van der Waals surface area contributed by atoms with Crippen molar-refractivity contribution in [2.45, 2.75) is 13.1 Å². The van der Waals surface area contributed by atoms with E-state index in [9.17, 15) is 26.4 Å². The number of hydrogen-bond acceptors (Lipinski definition) is 4. The molecule has 0 saturated carbocycles. The van der Waals surface area contributed by atoms with E-state index in [0.717, 1.165) is 34.8 Å². The Balaban J connectivity index is 2.21. The van der Waals surface area contributed by atoms with Crippen molar-refractivity contribution in [1.29, 1.82) is 0 Å². The largest absolute Gasteiger partial charge is 0.492 e. The highest BCUT2D eigenvalue weighted by Crippen LogP contribution is 2.31. The lowest BCUT2D eigenvalue weighted by Gasteiger charge is -2.24. The van der Waals surface area contributed by atoms with Gasteiger partial charge in [-0.2, -0.15) is 13.2 Å². The molecule has 28 heavy (non-hydrogen) atoms. The average Bonchev–Trinajstić information content (AvgIpc) is 2.59. The van der Waals surface area contributed by atoms with Crippen LogP contribution in [-0.2, 0) is 21.0 Å². The van der Waals surface area contributed by atoms with Crippen molar-refractivity contribution in [3.63, 3.8) is 0 Å². The molecule has 0 fully saturated rings. The van der Waals surface area contributed by atoms with Gasteiger partial charge in [0.15, 0.2) is 0 Å². The van der Waals surface area contributed by atoms with E-state index in [-0.39, 0.29) is 17.1 Å². The molecule has 0 aliphatic carbocycles. The van der Waals surface area contributed by atoms with Crippen LogP contribution in [0, 0.1) is 0 Å². The third-order valence-electron chi connectivity index (χ3n) is 3.62. The van der Waals surface area contributed by atoms with Crippen molar-refractivity contribution in [1.82, 2.24) is 0 Å². The number of hydrogen-bond donors (Lipinski definition) is 1. The predicted molar refractivity (Wildman–Crippen MR) is 99.9 cm³/mol. The number of ether oxygens (including phenoxy) is 1. The number of nitrogens with one attached hydrogen (secondary N) is 1. The number of alkyl halides is 3. The van der Waals surface area contributed by atoms with E-state index in [1.807, 2.05) is 0 Å². The first-order valence-electron chi connectivity index (χ1n) is 8.19. The number of carbonyl (C=O) groups excluding carboxylic acids is 1. The van der Waals surface area contributed by atoms with Crippen molar-refractivity contribution < 1.29 is 31.1 Å². The molecule has 0 radical (unpaired) electrons. The van der Waals surface area contributed by atoms with Crippen LogP contribution >= 0.6 is 0 Å². The van der Waals surface area contributed by atoms with Crippen LogP contribution in [0.25, 0.3) is 0 Å². The number of carbonyl (C=O) groups is 1. The first kappa shape index (κ1) is 21.5. The first-order chi connectivity index (χ1) is 13.0. The second-order valence-corrected chi connectivity index (χ2v) is 7.70. The summed E-state index contributed by atoms with van der Waals surface area (Å²) in [6.07, 6.45) is -3.54. The Morgan fingerprint density at radius 1 is 1.11 bits per heavy atom. The minimum atomic E-state index is -4.49. The van der Waals surface area contributed by atoms with Crippen LogP contribution in [0.1, 0.15) is 12.5 Å². The third-order valence-corrected chi connectivity index (χ3v) is 4.74. The Kier molecular flexibility index (Phi) is 6.55. The molecule has 0 aliphatic rings. The van der Waals surface area contributed by atoms with Gasteiger partial charge in [0, 0.05) is 5.69 Å². The highest BCUT2D eigenvalue weighted by atomic mass is 32.2. The lowest BCUT2D eigenvalue weighted by atomic mass is 10.2. The van der Waals surface area contributed by atoms with Gasteiger partial charge < -0.3 is 10.1 Å². The van der Waals surface area contributed by atoms with Gasteiger partial charge in [-0.1, -0.05) is 12.1 Å². The molecular formula is C18H19F3N2O4S. The van der Waals surface area contributed by atoms with Gasteiger partial charge in [-0.25, -0.2) is 8.42 Å². The topological polar surface area (TPSA) is 75.7 Å². The minimum Gasteiger partial charge on any atom is -0.492 e. The molecule has 152 valence electrons. The van der Waals surface area contributed by atoms with Crippen LogP contribution < -0.4 is 14.4 Å². The zero-order valence-electron chi connectivity index (χ0n) is 15.2. The number of sulfonamides is 1. The highest BCUT2D eigenvalue weighted by molar-refractivity contribution is 7.92. The Hall–Kier alpha value is -2.75. The van der Waals surface area contributed by atoms with Crippen LogP contribution in [0.4, 0.5) is 24.5 Å². The summed E-state index contributed by atoms with van der Waals surface area (Å²) in [6, 6.07) is 10.2. The summed E-state index contributed by atoms with van der Waals surface area (Å²) >= 11 is 0. The standard InChI is InChI=1S/C18H19F3N2O4S/c1-3-27-16-7-5-4-6-15(16)23(28(2,25)26)12-17(24)22-14-10-8-13(9-11-14)18(19,20)21/h4-11H,3,12H2,1-2H3,(H,22,24). The maximum atomic E-state index is 12.6. The second-order valence-electron chi connectivity index (χ2n) is 5.79. The molecule has 0 saturated heterocycles. The van der Waals surface area contributed by atoms with Crippen molar-refractivity contribution in [3.05, 3.63) is 54.1 Å². The minimum absolute atomic E-state index is 0.115. The molecule has 0 atom stereocenters. The average molecular weight is 416 g/mol. The summed E-state index contributed by atoms with van der Waals surface area (Å²) in [5.41, 5.74) is -0.548. The van der Waals surface area contributed by atoms with E-state index in [2.05, 4.69) is 5.32 Å². The summed E-state index contributed by atoms with van der Waals surface area (Å²) in [6.45, 7) is 1.47. The molecule has 1 N–H and O–H groups in total. The Bertz CT molecular complexity index is 929. The van der Waals surface area contributed by atoms with Crippen LogP contribution in [0.3, 0.4) is 0 Å². The van der Waals surface area contributed by atoms with Gasteiger partial charge in [0.05, 0.1) is 24.1 Å². The molecule has 0 aromatic heterocycles.